The molecule has 2 aliphatic rings. The highest BCUT2D eigenvalue weighted by Crippen LogP contribution is 2.58. The van der Waals surface area contributed by atoms with E-state index in [1.165, 1.54) is 0 Å². The number of fused-ring (bicyclic) bond motifs is 3. The first-order chi connectivity index (χ1) is 14.9. The van der Waals surface area contributed by atoms with Crippen LogP contribution in [-0.2, 0) is 20.8 Å². The van der Waals surface area contributed by atoms with Gasteiger partial charge in [-0.15, -0.1) is 0 Å². The van der Waals surface area contributed by atoms with Crippen LogP contribution in [0, 0.1) is 23.5 Å². The van der Waals surface area contributed by atoms with Crippen LogP contribution < -0.4 is 4.74 Å². The predicted octanol–water partition coefficient (Wildman–Crippen LogP) is 3.42. The summed E-state index contributed by atoms with van der Waals surface area (Å²) in [5, 5.41) is 20.2. The van der Waals surface area contributed by atoms with E-state index in [0.29, 0.717) is 12.1 Å². The lowest BCUT2D eigenvalue weighted by atomic mass is 9.66. The second-order valence-corrected chi connectivity index (χ2v) is 10.2. The van der Waals surface area contributed by atoms with E-state index in [2.05, 4.69) is 0 Å². The van der Waals surface area contributed by atoms with Crippen molar-refractivity contribution >= 4 is 9.84 Å². The third-order valence-electron chi connectivity index (χ3n) is 6.49. The summed E-state index contributed by atoms with van der Waals surface area (Å²) in [6.45, 7) is -1.08. The van der Waals surface area contributed by atoms with Crippen LogP contribution in [0.3, 0.4) is 0 Å². The molecule has 5 nitrogen and oxygen atoms in total. The zero-order chi connectivity index (χ0) is 23.5. The van der Waals surface area contributed by atoms with Crippen LogP contribution in [0.2, 0.25) is 0 Å². The average Bonchev–Trinajstić information content (AvgIpc) is 2.75. The molecule has 0 bridgehead atoms. The summed E-state index contributed by atoms with van der Waals surface area (Å²) in [7, 11) is -4.64. The fraction of sp³-hybridized carbons (Fsp3) is 0.429. The summed E-state index contributed by atoms with van der Waals surface area (Å²) in [6.07, 6.45) is -6.31. The molecule has 0 unspecified atom stereocenters. The zero-order valence-corrected chi connectivity index (χ0v) is 17.3. The number of ether oxygens (including phenoxy) is 1. The SMILES string of the molecule is O=S(=O)(c1ccc(C(F)(F)F)cc1)[C@@]12CC[C@@H](O)[C@@H](CO)[C@@H]1COc1c(F)ccc(F)c12. The van der Waals surface area contributed by atoms with E-state index in [0.717, 1.165) is 24.3 Å². The Balaban J connectivity index is 1.98. The first kappa shape index (κ1) is 22.9. The molecule has 1 heterocycles. The molecule has 0 spiro atoms. The van der Waals surface area contributed by atoms with E-state index in [1.807, 2.05) is 0 Å². The second kappa shape index (κ2) is 7.67. The molecule has 11 heteroatoms. The Labute approximate surface area is 180 Å². The quantitative estimate of drug-likeness (QED) is 0.661. The lowest BCUT2D eigenvalue weighted by Gasteiger charge is -2.51. The minimum Gasteiger partial charge on any atom is -0.490 e. The van der Waals surface area contributed by atoms with Crippen molar-refractivity contribution in [3.8, 4) is 5.75 Å². The Kier molecular flexibility index (Phi) is 5.50. The van der Waals surface area contributed by atoms with Crippen molar-refractivity contribution in [3.05, 3.63) is 59.2 Å². The van der Waals surface area contributed by atoms with Gasteiger partial charge >= 0.3 is 6.18 Å². The molecule has 0 radical (unpaired) electrons. The molecule has 0 amide bonds. The zero-order valence-electron chi connectivity index (χ0n) is 16.4. The Morgan fingerprint density at radius 2 is 1.69 bits per heavy atom. The van der Waals surface area contributed by atoms with Gasteiger partial charge < -0.3 is 14.9 Å². The minimum atomic E-state index is -4.69. The van der Waals surface area contributed by atoms with Crippen LogP contribution in [0.15, 0.2) is 41.3 Å². The number of alkyl halides is 3. The number of hydrogen-bond donors (Lipinski definition) is 2. The summed E-state index contributed by atoms with van der Waals surface area (Å²) in [4.78, 5) is -0.514. The third kappa shape index (κ3) is 3.20. The van der Waals surface area contributed by atoms with Crippen molar-refractivity contribution in [2.45, 2.75) is 34.8 Å². The lowest BCUT2D eigenvalue weighted by Crippen LogP contribution is -2.58. The van der Waals surface area contributed by atoms with Crippen LogP contribution in [0.1, 0.15) is 24.0 Å². The van der Waals surface area contributed by atoms with Crippen molar-refractivity contribution in [2.24, 2.45) is 11.8 Å². The van der Waals surface area contributed by atoms with Gasteiger partial charge in [0, 0.05) is 18.4 Å². The summed E-state index contributed by atoms with van der Waals surface area (Å²) in [5.41, 5.74) is -1.64. The number of benzene rings is 2. The van der Waals surface area contributed by atoms with Crippen LogP contribution in [0.4, 0.5) is 22.0 Å². The van der Waals surface area contributed by atoms with Crippen molar-refractivity contribution in [3.63, 3.8) is 0 Å². The summed E-state index contributed by atoms with van der Waals surface area (Å²) in [6, 6.07) is 4.28. The van der Waals surface area contributed by atoms with E-state index in [4.69, 9.17) is 4.74 Å². The summed E-state index contributed by atoms with van der Waals surface area (Å²) < 4.78 is 99.5. The maximum Gasteiger partial charge on any atom is 0.416 e. The third-order valence-corrected chi connectivity index (χ3v) is 9.06. The monoisotopic (exact) mass is 478 g/mol. The van der Waals surface area contributed by atoms with Gasteiger partial charge in [-0.2, -0.15) is 13.2 Å². The Morgan fingerprint density at radius 3 is 2.28 bits per heavy atom. The Hall–Kier alpha value is -2.24. The molecule has 32 heavy (non-hydrogen) atoms. The van der Waals surface area contributed by atoms with Crippen molar-refractivity contribution in [1.29, 1.82) is 0 Å². The van der Waals surface area contributed by atoms with Gasteiger partial charge in [0.05, 0.1) is 28.7 Å². The maximum atomic E-state index is 15.1. The molecule has 2 aromatic carbocycles. The molecule has 2 aromatic rings. The molecule has 1 aliphatic carbocycles. The number of aliphatic hydroxyl groups is 2. The molecule has 1 aliphatic heterocycles. The fourth-order valence-electron chi connectivity index (χ4n) is 4.94. The van der Waals surface area contributed by atoms with Crippen LogP contribution in [0.25, 0.3) is 0 Å². The summed E-state index contributed by atoms with van der Waals surface area (Å²) in [5.74, 6) is -4.86. The molecule has 174 valence electrons. The van der Waals surface area contributed by atoms with Crippen molar-refractivity contribution in [2.75, 3.05) is 13.2 Å². The lowest BCUT2D eigenvalue weighted by molar-refractivity contribution is -0.137. The standard InChI is InChI=1S/C21H19F5O5S/c22-15-5-6-16(23)19-18(15)20(8-7-17(28)13(9-27)14(20)10-31-19)32(29,30)12-3-1-11(2-4-12)21(24,25)26/h1-6,13-14,17,27-28H,7-10H2/t13-,14-,17+,20-/m0/s1. The molecule has 4 rings (SSSR count). The molecule has 2 N–H and O–H groups in total. The normalized spacial score (nSPS) is 27.9. The first-order valence-corrected chi connectivity index (χ1v) is 11.3. The first-order valence-electron chi connectivity index (χ1n) is 9.77. The molecule has 0 saturated heterocycles. The van der Waals surface area contributed by atoms with E-state index in [9.17, 15) is 36.2 Å². The highest BCUT2D eigenvalue weighted by molar-refractivity contribution is 7.92. The van der Waals surface area contributed by atoms with Crippen LogP contribution >= 0.6 is 0 Å². The van der Waals surface area contributed by atoms with Crippen molar-refractivity contribution in [1.82, 2.24) is 0 Å². The highest BCUT2D eigenvalue weighted by atomic mass is 32.2. The topological polar surface area (TPSA) is 83.8 Å². The number of halogens is 5. The average molecular weight is 478 g/mol. The van der Waals surface area contributed by atoms with Gasteiger partial charge in [0.1, 0.15) is 10.6 Å². The predicted molar refractivity (Wildman–Crippen MR) is 101 cm³/mol. The molecule has 0 aromatic heterocycles. The van der Waals surface area contributed by atoms with E-state index >= 15 is 4.39 Å². The van der Waals surface area contributed by atoms with E-state index < -0.39 is 85.3 Å². The minimum absolute atomic E-state index is 0.156. The van der Waals surface area contributed by atoms with Gasteiger partial charge in [0.25, 0.3) is 0 Å². The maximum absolute atomic E-state index is 15.1. The molecule has 1 fully saturated rings. The Bertz CT molecular complexity index is 1130. The second-order valence-electron chi connectivity index (χ2n) is 8.02. The van der Waals surface area contributed by atoms with E-state index in [-0.39, 0.29) is 12.8 Å². The smallest absolute Gasteiger partial charge is 0.416 e. The number of aliphatic hydroxyl groups excluding tert-OH is 2. The van der Waals surface area contributed by atoms with E-state index in [1.54, 1.807) is 0 Å². The highest BCUT2D eigenvalue weighted by Gasteiger charge is 2.62. The molecular weight excluding hydrogens is 459 g/mol. The largest absolute Gasteiger partial charge is 0.490 e. The fourth-order valence-corrected chi connectivity index (χ4v) is 7.34. The van der Waals surface area contributed by atoms with Gasteiger partial charge in [-0.1, -0.05) is 0 Å². The molecule has 1 saturated carbocycles. The van der Waals surface area contributed by atoms with Gasteiger partial charge in [0.2, 0.25) is 0 Å². The van der Waals surface area contributed by atoms with Gasteiger partial charge in [-0.05, 0) is 49.2 Å². The number of rotatable bonds is 3. The van der Waals surface area contributed by atoms with Gasteiger partial charge in [-0.3, -0.25) is 0 Å². The van der Waals surface area contributed by atoms with Crippen LogP contribution in [0.5, 0.6) is 5.75 Å². The number of sulfone groups is 1. The van der Waals surface area contributed by atoms with Crippen molar-refractivity contribution < 1.29 is 45.3 Å². The van der Waals surface area contributed by atoms with Crippen LogP contribution in [-0.4, -0.2) is 37.9 Å². The molecular formula is C21H19F5O5S. The Morgan fingerprint density at radius 1 is 1.06 bits per heavy atom. The van der Waals surface area contributed by atoms with Gasteiger partial charge in [0.15, 0.2) is 21.4 Å². The van der Waals surface area contributed by atoms with Gasteiger partial charge in [-0.25, -0.2) is 17.2 Å². The number of hydrogen-bond acceptors (Lipinski definition) is 5. The summed E-state index contributed by atoms with van der Waals surface area (Å²) >= 11 is 0. The molecule has 4 atom stereocenters.